The molecule has 0 radical (unpaired) electrons. The summed E-state index contributed by atoms with van der Waals surface area (Å²) in [4.78, 5) is 20.6. The largest absolute Gasteiger partial charge is 0.489 e. The highest BCUT2D eigenvalue weighted by Gasteiger charge is 2.16. The number of aromatic amines is 1. The van der Waals surface area contributed by atoms with Crippen molar-refractivity contribution in [3.05, 3.63) is 46.5 Å². The Labute approximate surface area is 123 Å². The Hall–Kier alpha value is -2.50. The molecule has 0 amide bonds. The lowest BCUT2D eigenvalue weighted by molar-refractivity contribution is 0.405. The van der Waals surface area contributed by atoms with Gasteiger partial charge in [-0.15, -0.1) is 0 Å². The van der Waals surface area contributed by atoms with Crippen LogP contribution in [0.3, 0.4) is 0 Å². The molecular weight excluding hydrogens is 268 g/mol. The Morgan fingerprint density at radius 1 is 1.33 bits per heavy atom. The molecule has 0 saturated heterocycles. The van der Waals surface area contributed by atoms with Crippen LogP contribution in [0.2, 0.25) is 0 Å². The number of methoxy groups -OCH3 is 1. The summed E-state index contributed by atoms with van der Waals surface area (Å²) in [6.45, 7) is 3.49. The van der Waals surface area contributed by atoms with Crippen molar-refractivity contribution < 1.29 is 4.74 Å². The van der Waals surface area contributed by atoms with Gasteiger partial charge in [0.1, 0.15) is 0 Å². The first-order chi connectivity index (χ1) is 10.2. The second kappa shape index (κ2) is 6.78. The van der Waals surface area contributed by atoms with Gasteiger partial charge in [0.15, 0.2) is 5.82 Å². The topological polar surface area (TPSA) is 84.2 Å². The Balaban J connectivity index is 2.33. The standard InChI is InChI=1S/C15H20N4O2/c1-3-8-19(9-11-4-6-12(16)7-5-11)14-13(21-2)15(20)18-10-17-14/h4-7,10H,3,8-9,16H2,1-2H3,(H,17,18,20). The Kier molecular flexibility index (Phi) is 4.81. The van der Waals surface area contributed by atoms with Gasteiger partial charge in [-0.2, -0.15) is 0 Å². The van der Waals surface area contributed by atoms with Gasteiger partial charge in [-0.05, 0) is 24.1 Å². The molecule has 0 bridgehead atoms. The number of benzene rings is 1. The van der Waals surface area contributed by atoms with E-state index in [9.17, 15) is 4.79 Å². The highest BCUT2D eigenvalue weighted by atomic mass is 16.5. The Morgan fingerprint density at radius 3 is 2.67 bits per heavy atom. The van der Waals surface area contributed by atoms with E-state index in [4.69, 9.17) is 10.5 Å². The zero-order chi connectivity index (χ0) is 15.2. The van der Waals surface area contributed by atoms with E-state index in [1.165, 1.54) is 13.4 Å². The molecule has 0 spiro atoms. The fraction of sp³-hybridized carbons (Fsp3) is 0.333. The molecule has 0 atom stereocenters. The van der Waals surface area contributed by atoms with Crippen LogP contribution in [-0.4, -0.2) is 23.6 Å². The Bertz CT molecular complexity index is 637. The number of ether oxygens (including phenoxy) is 1. The van der Waals surface area contributed by atoms with Gasteiger partial charge >= 0.3 is 0 Å². The summed E-state index contributed by atoms with van der Waals surface area (Å²) in [5.41, 5.74) is 7.25. The van der Waals surface area contributed by atoms with Crippen molar-refractivity contribution in [1.29, 1.82) is 0 Å². The molecule has 112 valence electrons. The van der Waals surface area contributed by atoms with E-state index >= 15 is 0 Å². The summed E-state index contributed by atoms with van der Waals surface area (Å²) in [7, 11) is 1.48. The van der Waals surface area contributed by atoms with Crippen LogP contribution in [0.4, 0.5) is 11.5 Å². The van der Waals surface area contributed by atoms with Gasteiger partial charge in [0.2, 0.25) is 5.75 Å². The lowest BCUT2D eigenvalue weighted by Crippen LogP contribution is -2.27. The van der Waals surface area contributed by atoms with E-state index in [0.717, 1.165) is 24.2 Å². The average molecular weight is 288 g/mol. The van der Waals surface area contributed by atoms with Crippen molar-refractivity contribution in [1.82, 2.24) is 9.97 Å². The van der Waals surface area contributed by atoms with Gasteiger partial charge in [0, 0.05) is 18.8 Å². The average Bonchev–Trinajstić information content (AvgIpc) is 2.49. The van der Waals surface area contributed by atoms with Crippen LogP contribution in [0.5, 0.6) is 5.75 Å². The zero-order valence-corrected chi connectivity index (χ0v) is 12.3. The molecular formula is C15H20N4O2. The second-order valence-corrected chi connectivity index (χ2v) is 4.75. The normalized spacial score (nSPS) is 10.4. The van der Waals surface area contributed by atoms with Crippen molar-refractivity contribution in [2.75, 3.05) is 24.3 Å². The number of aromatic nitrogens is 2. The van der Waals surface area contributed by atoms with Crippen LogP contribution < -0.4 is 20.9 Å². The summed E-state index contributed by atoms with van der Waals surface area (Å²) in [6, 6.07) is 7.67. The minimum absolute atomic E-state index is 0.237. The van der Waals surface area contributed by atoms with E-state index in [0.29, 0.717) is 12.4 Å². The van der Waals surface area contributed by atoms with Gasteiger partial charge in [0.05, 0.1) is 13.4 Å². The third-order valence-electron chi connectivity index (χ3n) is 3.14. The van der Waals surface area contributed by atoms with E-state index in [2.05, 4.69) is 16.9 Å². The molecule has 1 heterocycles. The van der Waals surface area contributed by atoms with E-state index < -0.39 is 0 Å². The van der Waals surface area contributed by atoms with Gasteiger partial charge in [0.25, 0.3) is 5.56 Å². The van der Waals surface area contributed by atoms with Crippen LogP contribution in [0.1, 0.15) is 18.9 Å². The molecule has 1 aromatic carbocycles. The predicted molar refractivity (Wildman–Crippen MR) is 83.6 cm³/mol. The van der Waals surface area contributed by atoms with Crippen molar-refractivity contribution in [3.8, 4) is 5.75 Å². The number of anilines is 2. The number of nitrogens with zero attached hydrogens (tertiary/aromatic N) is 2. The van der Waals surface area contributed by atoms with Crippen molar-refractivity contribution >= 4 is 11.5 Å². The van der Waals surface area contributed by atoms with Crippen molar-refractivity contribution in [3.63, 3.8) is 0 Å². The summed E-state index contributed by atoms with van der Waals surface area (Å²) < 4.78 is 5.19. The summed E-state index contributed by atoms with van der Waals surface area (Å²) in [6.07, 6.45) is 2.33. The molecule has 0 saturated carbocycles. The molecule has 0 aliphatic heterocycles. The fourth-order valence-corrected chi connectivity index (χ4v) is 2.16. The molecule has 21 heavy (non-hydrogen) atoms. The fourth-order valence-electron chi connectivity index (χ4n) is 2.16. The first-order valence-electron chi connectivity index (χ1n) is 6.86. The van der Waals surface area contributed by atoms with Gasteiger partial charge in [-0.25, -0.2) is 4.98 Å². The first-order valence-corrected chi connectivity index (χ1v) is 6.86. The third-order valence-corrected chi connectivity index (χ3v) is 3.14. The summed E-state index contributed by atoms with van der Waals surface area (Å²) in [5.74, 6) is 0.793. The van der Waals surface area contributed by atoms with Crippen LogP contribution >= 0.6 is 0 Å². The Morgan fingerprint density at radius 2 is 2.05 bits per heavy atom. The van der Waals surface area contributed by atoms with Crippen LogP contribution in [0, 0.1) is 0 Å². The van der Waals surface area contributed by atoms with E-state index in [1.54, 1.807) is 0 Å². The minimum atomic E-state index is -0.277. The van der Waals surface area contributed by atoms with Gasteiger partial charge < -0.3 is 20.4 Å². The number of hydrogen-bond donors (Lipinski definition) is 2. The van der Waals surface area contributed by atoms with Gasteiger partial charge in [-0.1, -0.05) is 19.1 Å². The zero-order valence-electron chi connectivity index (χ0n) is 12.3. The van der Waals surface area contributed by atoms with Crippen molar-refractivity contribution in [2.24, 2.45) is 0 Å². The maximum absolute atomic E-state index is 11.8. The molecule has 0 fully saturated rings. The van der Waals surface area contributed by atoms with Crippen LogP contribution in [-0.2, 0) is 6.54 Å². The van der Waals surface area contributed by atoms with Gasteiger partial charge in [-0.3, -0.25) is 4.79 Å². The number of nitrogens with two attached hydrogens (primary N) is 1. The molecule has 0 unspecified atom stereocenters. The second-order valence-electron chi connectivity index (χ2n) is 4.75. The maximum Gasteiger partial charge on any atom is 0.295 e. The van der Waals surface area contributed by atoms with Crippen LogP contribution in [0.15, 0.2) is 35.4 Å². The number of H-pyrrole nitrogens is 1. The maximum atomic E-state index is 11.8. The lowest BCUT2D eigenvalue weighted by atomic mass is 10.2. The molecule has 1 aromatic heterocycles. The van der Waals surface area contributed by atoms with E-state index in [-0.39, 0.29) is 11.3 Å². The summed E-state index contributed by atoms with van der Waals surface area (Å²) in [5, 5.41) is 0. The minimum Gasteiger partial charge on any atom is -0.489 e. The number of rotatable bonds is 6. The van der Waals surface area contributed by atoms with E-state index in [1.807, 2.05) is 29.2 Å². The molecule has 6 heteroatoms. The molecule has 0 aliphatic carbocycles. The predicted octanol–water partition coefficient (Wildman–Crippen LogP) is 1.78. The first kappa shape index (κ1) is 14.9. The molecule has 0 aliphatic rings. The number of nitrogen functional groups attached to an aromatic ring is 1. The van der Waals surface area contributed by atoms with Crippen LogP contribution in [0.25, 0.3) is 0 Å². The molecule has 2 rings (SSSR count). The smallest absolute Gasteiger partial charge is 0.295 e. The molecule has 2 aromatic rings. The number of hydrogen-bond acceptors (Lipinski definition) is 5. The highest BCUT2D eigenvalue weighted by Crippen LogP contribution is 2.23. The highest BCUT2D eigenvalue weighted by molar-refractivity contribution is 5.51. The summed E-state index contributed by atoms with van der Waals surface area (Å²) >= 11 is 0. The van der Waals surface area contributed by atoms with Crippen molar-refractivity contribution in [2.45, 2.75) is 19.9 Å². The quantitative estimate of drug-likeness (QED) is 0.791. The molecule has 6 nitrogen and oxygen atoms in total. The third kappa shape index (κ3) is 3.53. The molecule has 3 N–H and O–H groups in total. The monoisotopic (exact) mass is 288 g/mol. The SMILES string of the molecule is CCCN(Cc1ccc(N)cc1)c1nc[nH]c(=O)c1OC. The lowest BCUT2D eigenvalue weighted by Gasteiger charge is -2.24. The number of nitrogens with one attached hydrogen (secondary N) is 1.